The van der Waals surface area contributed by atoms with Gasteiger partial charge < -0.3 is 14.6 Å². The Morgan fingerprint density at radius 2 is 1.52 bits per heavy atom. The summed E-state index contributed by atoms with van der Waals surface area (Å²) in [4.78, 5) is 0. The Hall–Kier alpha value is -1.84. The summed E-state index contributed by atoms with van der Waals surface area (Å²) in [5, 5.41) is 6.11. The van der Waals surface area contributed by atoms with Crippen molar-refractivity contribution in [2.24, 2.45) is 0 Å². The van der Waals surface area contributed by atoms with Crippen LogP contribution in [0.2, 0.25) is 0 Å². The van der Waals surface area contributed by atoms with Crippen molar-refractivity contribution in [3.05, 3.63) is 48.5 Å². The molecule has 21 heavy (non-hydrogen) atoms. The number of para-hydroxylation sites is 2. The molecule has 3 aromatic rings. The number of rotatable bonds is 7. The number of hydrogen-bond donors (Lipinski definition) is 1. The summed E-state index contributed by atoms with van der Waals surface area (Å²) in [7, 11) is 0. The molecule has 0 aliphatic heterocycles. The van der Waals surface area contributed by atoms with Gasteiger partial charge in [-0.25, -0.2) is 0 Å². The minimum Gasteiger partial charge on any atom is -0.380 e. The molecule has 110 valence electrons. The fraction of sp³-hybridized carbons (Fsp3) is 0.333. The fourth-order valence-corrected chi connectivity index (χ4v) is 2.85. The van der Waals surface area contributed by atoms with Gasteiger partial charge in [0, 0.05) is 48.0 Å². The van der Waals surface area contributed by atoms with E-state index in [1.54, 1.807) is 0 Å². The van der Waals surface area contributed by atoms with Gasteiger partial charge in [0.15, 0.2) is 0 Å². The average molecular weight is 282 g/mol. The van der Waals surface area contributed by atoms with Crippen molar-refractivity contribution >= 4 is 21.8 Å². The molecule has 0 amide bonds. The molecule has 0 fully saturated rings. The van der Waals surface area contributed by atoms with Crippen LogP contribution in [0.15, 0.2) is 48.5 Å². The molecule has 2 aromatic carbocycles. The molecule has 1 heterocycles. The first kappa shape index (κ1) is 14.1. The van der Waals surface area contributed by atoms with E-state index in [1.165, 1.54) is 21.8 Å². The van der Waals surface area contributed by atoms with Crippen LogP contribution in [-0.4, -0.2) is 30.9 Å². The summed E-state index contributed by atoms with van der Waals surface area (Å²) in [5.74, 6) is 0. The molecule has 1 N–H and O–H groups in total. The van der Waals surface area contributed by atoms with Crippen LogP contribution >= 0.6 is 0 Å². The Morgan fingerprint density at radius 1 is 0.905 bits per heavy atom. The molecular formula is C18H22N2O. The molecule has 0 spiro atoms. The molecule has 0 bridgehead atoms. The highest BCUT2D eigenvalue weighted by Gasteiger charge is 2.08. The second-order valence-corrected chi connectivity index (χ2v) is 5.13. The van der Waals surface area contributed by atoms with E-state index in [-0.39, 0.29) is 0 Å². The summed E-state index contributed by atoms with van der Waals surface area (Å²) in [5.41, 5.74) is 2.62. The number of nitrogens with one attached hydrogen (secondary N) is 1. The number of benzene rings is 2. The molecule has 0 atom stereocenters. The van der Waals surface area contributed by atoms with E-state index in [9.17, 15) is 0 Å². The summed E-state index contributed by atoms with van der Waals surface area (Å²) in [6, 6.07) is 17.3. The molecule has 0 saturated heterocycles. The van der Waals surface area contributed by atoms with Crippen LogP contribution in [0.1, 0.15) is 6.92 Å². The summed E-state index contributed by atoms with van der Waals surface area (Å²) in [6.07, 6.45) is 0. The molecule has 0 unspecified atom stereocenters. The first-order valence-electron chi connectivity index (χ1n) is 7.66. The summed E-state index contributed by atoms with van der Waals surface area (Å²) >= 11 is 0. The summed E-state index contributed by atoms with van der Waals surface area (Å²) < 4.78 is 7.74. The Balaban J connectivity index is 1.80. The van der Waals surface area contributed by atoms with Crippen molar-refractivity contribution in [2.75, 3.05) is 26.3 Å². The normalized spacial score (nSPS) is 11.5. The second kappa shape index (κ2) is 6.74. The molecule has 3 rings (SSSR count). The molecule has 0 aliphatic carbocycles. The quantitative estimate of drug-likeness (QED) is 0.672. The van der Waals surface area contributed by atoms with Gasteiger partial charge in [0.25, 0.3) is 0 Å². The predicted octanol–water partition coefficient (Wildman–Crippen LogP) is 3.42. The maximum absolute atomic E-state index is 5.34. The van der Waals surface area contributed by atoms with Gasteiger partial charge in [0.2, 0.25) is 0 Å². The SMILES string of the molecule is CCOCCNCCn1c2ccccc2c2ccccc21. The van der Waals surface area contributed by atoms with Crippen molar-refractivity contribution in [1.29, 1.82) is 0 Å². The third kappa shape index (κ3) is 2.94. The van der Waals surface area contributed by atoms with Crippen LogP contribution in [-0.2, 0) is 11.3 Å². The zero-order valence-electron chi connectivity index (χ0n) is 12.5. The van der Waals surface area contributed by atoms with Gasteiger partial charge >= 0.3 is 0 Å². The van der Waals surface area contributed by atoms with Crippen LogP contribution in [0.25, 0.3) is 21.8 Å². The molecule has 0 saturated carbocycles. The lowest BCUT2D eigenvalue weighted by atomic mass is 10.2. The predicted molar refractivity (Wildman–Crippen MR) is 88.8 cm³/mol. The number of nitrogens with zero attached hydrogens (tertiary/aromatic N) is 1. The largest absolute Gasteiger partial charge is 0.380 e. The van der Waals surface area contributed by atoms with Gasteiger partial charge in [-0.1, -0.05) is 36.4 Å². The lowest BCUT2D eigenvalue weighted by molar-refractivity contribution is 0.149. The third-order valence-corrected chi connectivity index (χ3v) is 3.82. The van der Waals surface area contributed by atoms with Crippen molar-refractivity contribution in [1.82, 2.24) is 9.88 Å². The van der Waals surface area contributed by atoms with Crippen molar-refractivity contribution in [2.45, 2.75) is 13.5 Å². The van der Waals surface area contributed by atoms with E-state index >= 15 is 0 Å². The molecule has 0 radical (unpaired) electrons. The number of hydrogen-bond acceptors (Lipinski definition) is 2. The maximum atomic E-state index is 5.34. The fourth-order valence-electron chi connectivity index (χ4n) is 2.85. The van der Waals surface area contributed by atoms with E-state index in [2.05, 4.69) is 58.4 Å². The van der Waals surface area contributed by atoms with Gasteiger partial charge in [-0.05, 0) is 19.1 Å². The Labute approximate surface area is 125 Å². The molecule has 3 nitrogen and oxygen atoms in total. The zero-order valence-corrected chi connectivity index (χ0v) is 12.5. The standard InChI is InChI=1S/C18H22N2O/c1-2-21-14-12-19-11-13-20-17-9-5-3-7-15(17)16-8-4-6-10-18(16)20/h3-10,19H,2,11-14H2,1H3. The molecule has 3 heteroatoms. The van der Waals surface area contributed by atoms with Gasteiger partial charge in [-0.2, -0.15) is 0 Å². The average Bonchev–Trinajstić information content (AvgIpc) is 2.85. The van der Waals surface area contributed by atoms with E-state index in [1.807, 2.05) is 6.92 Å². The van der Waals surface area contributed by atoms with Gasteiger partial charge in [0.1, 0.15) is 0 Å². The van der Waals surface area contributed by atoms with Gasteiger partial charge in [-0.15, -0.1) is 0 Å². The monoisotopic (exact) mass is 282 g/mol. The van der Waals surface area contributed by atoms with E-state index in [0.717, 1.165) is 32.8 Å². The van der Waals surface area contributed by atoms with Gasteiger partial charge in [-0.3, -0.25) is 0 Å². The highest BCUT2D eigenvalue weighted by Crippen LogP contribution is 2.28. The second-order valence-electron chi connectivity index (χ2n) is 5.13. The Kier molecular flexibility index (Phi) is 4.53. The highest BCUT2D eigenvalue weighted by molar-refractivity contribution is 6.07. The van der Waals surface area contributed by atoms with Crippen molar-refractivity contribution in [3.63, 3.8) is 0 Å². The lowest BCUT2D eigenvalue weighted by Gasteiger charge is -2.09. The maximum Gasteiger partial charge on any atom is 0.0590 e. The van der Waals surface area contributed by atoms with E-state index in [4.69, 9.17) is 4.74 Å². The molecule has 1 aromatic heterocycles. The smallest absolute Gasteiger partial charge is 0.0590 e. The first-order chi connectivity index (χ1) is 10.4. The minimum absolute atomic E-state index is 0.781. The highest BCUT2D eigenvalue weighted by atomic mass is 16.5. The van der Waals surface area contributed by atoms with Crippen LogP contribution in [0, 0.1) is 0 Å². The minimum atomic E-state index is 0.781. The van der Waals surface area contributed by atoms with Crippen LogP contribution in [0.3, 0.4) is 0 Å². The number of aromatic nitrogens is 1. The molecular weight excluding hydrogens is 260 g/mol. The molecule has 0 aliphatic rings. The van der Waals surface area contributed by atoms with E-state index in [0.29, 0.717) is 0 Å². The number of ether oxygens (including phenoxy) is 1. The Bertz CT molecular complexity index is 664. The topological polar surface area (TPSA) is 26.2 Å². The lowest BCUT2D eigenvalue weighted by Crippen LogP contribution is -2.24. The van der Waals surface area contributed by atoms with E-state index < -0.39 is 0 Å². The first-order valence-corrected chi connectivity index (χ1v) is 7.66. The van der Waals surface area contributed by atoms with Crippen LogP contribution < -0.4 is 5.32 Å². The van der Waals surface area contributed by atoms with Crippen LogP contribution in [0.5, 0.6) is 0 Å². The van der Waals surface area contributed by atoms with Crippen molar-refractivity contribution < 1.29 is 4.74 Å². The van der Waals surface area contributed by atoms with Gasteiger partial charge in [0.05, 0.1) is 6.61 Å². The van der Waals surface area contributed by atoms with Crippen LogP contribution in [0.4, 0.5) is 0 Å². The summed E-state index contributed by atoms with van der Waals surface area (Å²) in [6.45, 7) is 6.43. The zero-order chi connectivity index (χ0) is 14.5. The third-order valence-electron chi connectivity index (χ3n) is 3.82. The Morgan fingerprint density at radius 3 is 2.14 bits per heavy atom. The number of fused-ring (bicyclic) bond motifs is 3. The van der Waals surface area contributed by atoms with Crippen molar-refractivity contribution in [3.8, 4) is 0 Å².